The van der Waals surface area contributed by atoms with Crippen LogP contribution < -0.4 is 5.32 Å². The standard InChI is InChI=1S/C17H16FN3O2/c18-13-7-14(16-15(8-13)20-10-21-16)17(23)19-6-5-11-1-3-12(9-22)4-2-11/h1-4,7-8,10,22H,5-6,9H2,(H,19,23)(H,20,21). The first-order chi connectivity index (χ1) is 11.2. The number of carbonyl (C=O) groups is 1. The minimum Gasteiger partial charge on any atom is -0.392 e. The van der Waals surface area contributed by atoms with Gasteiger partial charge in [-0.2, -0.15) is 0 Å². The molecule has 3 rings (SSSR count). The third-order valence-electron chi connectivity index (χ3n) is 3.64. The van der Waals surface area contributed by atoms with Crippen LogP contribution in [0.15, 0.2) is 42.7 Å². The van der Waals surface area contributed by atoms with E-state index in [4.69, 9.17) is 5.11 Å². The number of aromatic nitrogens is 2. The Labute approximate surface area is 132 Å². The molecule has 0 aliphatic heterocycles. The number of hydrogen-bond donors (Lipinski definition) is 3. The van der Waals surface area contributed by atoms with Gasteiger partial charge >= 0.3 is 0 Å². The van der Waals surface area contributed by atoms with Crippen molar-refractivity contribution in [3.8, 4) is 0 Å². The molecule has 1 aromatic heterocycles. The van der Waals surface area contributed by atoms with Crippen LogP contribution in [-0.2, 0) is 13.0 Å². The summed E-state index contributed by atoms with van der Waals surface area (Å²) in [4.78, 5) is 19.1. The van der Waals surface area contributed by atoms with Gasteiger partial charge in [-0.15, -0.1) is 0 Å². The number of benzene rings is 2. The molecule has 1 amide bonds. The molecule has 6 heteroatoms. The van der Waals surface area contributed by atoms with Crippen molar-refractivity contribution in [1.82, 2.24) is 15.3 Å². The number of H-pyrrole nitrogens is 1. The Morgan fingerprint density at radius 2 is 1.96 bits per heavy atom. The van der Waals surface area contributed by atoms with Gasteiger partial charge in [0.15, 0.2) is 0 Å². The molecular weight excluding hydrogens is 297 g/mol. The van der Waals surface area contributed by atoms with E-state index in [1.54, 1.807) is 0 Å². The molecule has 5 nitrogen and oxygen atoms in total. The fraction of sp³-hybridized carbons (Fsp3) is 0.176. The zero-order chi connectivity index (χ0) is 16.2. The van der Waals surface area contributed by atoms with E-state index in [1.165, 1.54) is 18.5 Å². The fourth-order valence-corrected chi connectivity index (χ4v) is 2.41. The number of carbonyl (C=O) groups excluding carboxylic acids is 1. The van der Waals surface area contributed by atoms with Gasteiger partial charge in [-0.05, 0) is 29.7 Å². The first-order valence-corrected chi connectivity index (χ1v) is 7.27. The lowest BCUT2D eigenvalue weighted by atomic mass is 10.1. The van der Waals surface area contributed by atoms with Gasteiger partial charge in [0.2, 0.25) is 0 Å². The van der Waals surface area contributed by atoms with Crippen molar-refractivity contribution in [2.24, 2.45) is 0 Å². The Bertz CT molecular complexity index is 827. The van der Waals surface area contributed by atoms with E-state index in [-0.39, 0.29) is 18.1 Å². The number of aliphatic hydroxyl groups is 1. The zero-order valence-electron chi connectivity index (χ0n) is 12.3. The molecule has 0 saturated carbocycles. The van der Waals surface area contributed by atoms with Crippen LogP contribution in [0.4, 0.5) is 4.39 Å². The highest BCUT2D eigenvalue weighted by Gasteiger charge is 2.13. The predicted octanol–water partition coefficient (Wildman–Crippen LogP) is 2.17. The van der Waals surface area contributed by atoms with Gasteiger partial charge in [0.05, 0.1) is 24.0 Å². The second-order valence-corrected chi connectivity index (χ2v) is 5.23. The predicted molar refractivity (Wildman–Crippen MR) is 84.5 cm³/mol. The average Bonchev–Trinajstić information content (AvgIpc) is 3.02. The van der Waals surface area contributed by atoms with E-state index in [9.17, 15) is 9.18 Å². The molecule has 3 aromatic rings. The Hall–Kier alpha value is -2.73. The Morgan fingerprint density at radius 1 is 1.22 bits per heavy atom. The maximum absolute atomic E-state index is 13.5. The molecule has 0 atom stereocenters. The number of nitrogens with one attached hydrogen (secondary N) is 2. The number of hydrogen-bond acceptors (Lipinski definition) is 3. The van der Waals surface area contributed by atoms with Crippen molar-refractivity contribution in [2.45, 2.75) is 13.0 Å². The van der Waals surface area contributed by atoms with E-state index in [0.29, 0.717) is 24.0 Å². The minimum atomic E-state index is -0.480. The van der Waals surface area contributed by atoms with Crippen molar-refractivity contribution < 1.29 is 14.3 Å². The number of halogens is 1. The van der Waals surface area contributed by atoms with E-state index in [0.717, 1.165) is 11.1 Å². The summed E-state index contributed by atoms with van der Waals surface area (Å²) >= 11 is 0. The largest absolute Gasteiger partial charge is 0.392 e. The molecule has 118 valence electrons. The number of aromatic amines is 1. The molecule has 0 radical (unpaired) electrons. The van der Waals surface area contributed by atoms with Crippen molar-refractivity contribution in [2.75, 3.05) is 6.54 Å². The number of nitrogens with zero attached hydrogens (tertiary/aromatic N) is 1. The van der Waals surface area contributed by atoms with Crippen LogP contribution >= 0.6 is 0 Å². The molecular formula is C17H16FN3O2. The van der Waals surface area contributed by atoms with Crippen LogP contribution in [0.3, 0.4) is 0 Å². The second-order valence-electron chi connectivity index (χ2n) is 5.23. The third kappa shape index (κ3) is 3.37. The fourth-order valence-electron chi connectivity index (χ4n) is 2.41. The van der Waals surface area contributed by atoms with Crippen molar-refractivity contribution in [1.29, 1.82) is 0 Å². The molecule has 1 heterocycles. The second kappa shape index (κ2) is 6.58. The number of imidazole rings is 1. The van der Waals surface area contributed by atoms with Crippen LogP contribution in [0.2, 0.25) is 0 Å². The number of fused-ring (bicyclic) bond motifs is 1. The summed E-state index contributed by atoms with van der Waals surface area (Å²) in [5.41, 5.74) is 3.06. The van der Waals surface area contributed by atoms with Crippen LogP contribution in [-0.4, -0.2) is 27.5 Å². The highest BCUT2D eigenvalue weighted by atomic mass is 19.1. The molecule has 23 heavy (non-hydrogen) atoms. The lowest BCUT2D eigenvalue weighted by Crippen LogP contribution is -2.26. The Morgan fingerprint density at radius 3 is 2.70 bits per heavy atom. The molecule has 0 aliphatic rings. The molecule has 0 unspecified atom stereocenters. The van der Waals surface area contributed by atoms with E-state index in [2.05, 4.69) is 15.3 Å². The first kappa shape index (κ1) is 15.2. The Balaban J connectivity index is 1.65. The third-order valence-corrected chi connectivity index (χ3v) is 3.64. The molecule has 0 saturated heterocycles. The monoisotopic (exact) mass is 313 g/mol. The summed E-state index contributed by atoms with van der Waals surface area (Å²) in [6, 6.07) is 10.0. The molecule has 0 bridgehead atoms. The van der Waals surface area contributed by atoms with Crippen LogP contribution in [0.25, 0.3) is 11.0 Å². The summed E-state index contributed by atoms with van der Waals surface area (Å²) in [5.74, 6) is -0.833. The van der Waals surface area contributed by atoms with Gasteiger partial charge in [-0.1, -0.05) is 24.3 Å². The van der Waals surface area contributed by atoms with Crippen LogP contribution in [0.1, 0.15) is 21.5 Å². The van der Waals surface area contributed by atoms with Gasteiger partial charge < -0.3 is 15.4 Å². The van der Waals surface area contributed by atoms with Gasteiger partial charge in [0.25, 0.3) is 5.91 Å². The Kier molecular flexibility index (Phi) is 4.34. The van der Waals surface area contributed by atoms with Gasteiger partial charge in [-0.3, -0.25) is 4.79 Å². The van der Waals surface area contributed by atoms with Crippen LogP contribution in [0, 0.1) is 5.82 Å². The molecule has 0 fully saturated rings. The summed E-state index contributed by atoms with van der Waals surface area (Å²) in [6.45, 7) is 0.440. The molecule has 0 spiro atoms. The minimum absolute atomic E-state index is 0.0102. The summed E-state index contributed by atoms with van der Waals surface area (Å²) in [7, 11) is 0. The van der Waals surface area contributed by atoms with E-state index >= 15 is 0 Å². The molecule has 0 aliphatic carbocycles. The number of amides is 1. The molecule has 3 N–H and O–H groups in total. The van der Waals surface area contributed by atoms with Crippen molar-refractivity contribution >= 4 is 16.9 Å². The van der Waals surface area contributed by atoms with E-state index < -0.39 is 5.82 Å². The average molecular weight is 313 g/mol. The van der Waals surface area contributed by atoms with Gasteiger partial charge in [0, 0.05) is 6.54 Å². The van der Waals surface area contributed by atoms with Crippen molar-refractivity contribution in [3.05, 3.63) is 65.2 Å². The lowest BCUT2D eigenvalue weighted by Gasteiger charge is -2.07. The van der Waals surface area contributed by atoms with Gasteiger partial charge in [0.1, 0.15) is 11.3 Å². The maximum atomic E-state index is 13.5. The topological polar surface area (TPSA) is 78.0 Å². The number of rotatable bonds is 5. The van der Waals surface area contributed by atoms with Crippen molar-refractivity contribution in [3.63, 3.8) is 0 Å². The van der Waals surface area contributed by atoms with Crippen LogP contribution in [0.5, 0.6) is 0 Å². The SMILES string of the molecule is O=C(NCCc1ccc(CO)cc1)c1cc(F)cc2[nH]cnc12. The summed E-state index contributed by atoms with van der Waals surface area (Å²) in [6.07, 6.45) is 2.08. The lowest BCUT2D eigenvalue weighted by molar-refractivity contribution is 0.0955. The summed E-state index contributed by atoms with van der Waals surface area (Å²) < 4.78 is 13.5. The van der Waals surface area contributed by atoms with E-state index in [1.807, 2.05) is 24.3 Å². The summed E-state index contributed by atoms with van der Waals surface area (Å²) in [5, 5.41) is 11.8. The quantitative estimate of drug-likeness (QED) is 0.675. The number of aliphatic hydroxyl groups excluding tert-OH is 1. The zero-order valence-corrected chi connectivity index (χ0v) is 12.3. The highest BCUT2D eigenvalue weighted by Crippen LogP contribution is 2.17. The van der Waals surface area contributed by atoms with Gasteiger partial charge in [-0.25, -0.2) is 9.37 Å². The molecule has 2 aromatic carbocycles. The highest BCUT2D eigenvalue weighted by molar-refractivity contribution is 6.04. The first-order valence-electron chi connectivity index (χ1n) is 7.27. The maximum Gasteiger partial charge on any atom is 0.253 e. The normalized spacial score (nSPS) is 10.9. The smallest absolute Gasteiger partial charge is 0.253 e.